The molecule has 7 nitrogen and oxygen atoms in total. The number of hydrogen-bond donors (Lipinski definition) is 2. The van der Waals surface area contributed by atoms with Gasteiger partial charge < -0.3 is 10.2 Å². The van der Waals surface area contributed by atoms with Crippen molar-refractivity contribution in [1.82, 2.24) is 9.97 Å². The summed E-state index contributed by atoms with van der Waals surface area (Å²) in [6, 6.07) is 2.51. The number of rotatable bonds is 4. The van der Waals surface area contributed by atoms with E-state index in [2.05, 4.69) is 15.3 Å². The summed E-state index contributed by atoms with van der Waals surface area (Å²) in [7, 11) is -3.21. The molecule has 33 heavy (non-hydrogen) atoms. The number of carbonyl (C=O) groups is 1. The number of aromatic nitrogens is 2. The monoisotopic (exact) mass is 491 g/mol. The second-order valence-corrected chi connectivity index (χ2v) is 10.1. The summed E-state index contributed by atoms with van der Waals surface area (Å²) in [4.78, 5) is 22.2. The number of anilines is 2. The SMILES string of the molecule is Cc1c(C(F)(F)F)cnc(N2CCC(F)(F)[C@@H](C)C2)c1C(=O)Nc1ccnc(S(C)(=N)=O)c1. The van der Waals surface area contributed by atoms with Crippen LogP contribution in [0.5, 0.6) is 0 Å². The highest BCUT2D eigenvalue weighted by Gasteiger charge is 2.43. The van der Waals surface area contributed by atoms with Crippen LogP contribution in [-0.4, -0.2) is 45.4 Å². The summed E-state index contributed by atoms with van der Waals surface area (Å²) < 4.78 is 87.9. The van der Waals surface area contributed by atoms with Crippen molar-refractivity contribution in [2.45, 2.75) is 37.4 Å². The Bertz CT molecular complexity index is 1180. The van der Waals surface area contributed by atoms with Crippen molar-refractivity contribution in [3.63, 3.8) is 0 Å². The molecule has 2 N–H and O–H groups in total. The molecule has 1 saturated heterocycles. The zero-order chi connectivity index (χ0) is 24.8. The number of amides is 1. The van der Waals surface area contributed by atoms with Crippen molar-refractivity contribution in [1.29, 1.82) is 4.78 Å². The number of nitrogens with zero attached hydrogens (tertiary/aromatic N) is 3. The Labute approximate surface area is 187 Å². The smallest absolute Gasteiger partial charge is 0.355 e. The van der Waals surface area contributed by atoms with E-state index < -0.39 is 56.8 Å². The molecule has 2 aromatic heterocycles. The van der Waals surface area contributed by atoms with Crippen LogP contribution < -0.4 is 10.2 Å². The number of piperidine rings is 1. The van der Waals surface area contributed by atoms with E-state index in [0.717, 1.165) is 13.2 Å². The molecule has 0 aliphatic carbocycles. The first-order valence-corrected chi connectivity index (χ1v) is 11.8. The quantitative estimate of drug-likeness (QED) is 0.611. The molecular formula is C20H22F5N5O2S. The van der Waals surface area contributed by atoms with Crippen LogP contribution in [-0.2, 0) is 15.9 Å². The molecule has 1 aliphatic heterocycles. The molecule has 0 saturated carbocycles. The maximum atomic E-state index is 13.9. The summed E-state index contributed by atoms with van der Waals surface area (Å²) >= 11 is 0. The van der Waals surface area contributed by atoms with Crippen molar-refractivity contribution in [2.24, 2.45) is 5.92 Å². The van der Waals surface area contributed by atoms with Gasteiger partial charge in [0.2, 0.25) is 0 Å². The molecular weight excluding hydrogens is 469 g/mol. The number of hydrogen-bond acceptors (Lipinski definition) is 6. The standard InChI is InChI=1S/C20H22F5N5O2S/c1-11-10-30(7-5-19(11,21)22)17-16(12(2)14(9-28-17)20(23,24)25)18(31)29-13-4-6-27-15(8-13)33(3,26)32/h4,6,8-9,11,26H,5,7,10H2,1-3H3,(H,27,29,31)/t11-,33?/m0/s1. The van der Waals surface area contributed by atoms with Gasteiger partial charge in [-0.1, -0.05) is 6.92 Å². The van der Waals surface area contributed by atoms with E-state index in [1.807, 2.05) is 0 Å². The van der Waals surface area contributed by atoms with Crippen molar-refractivity contribution >= 4 is 27.1 Å². The third-order valence-electron chi connectivity index (χ3n) is 5.47. The first-order chi connectivity index (χ1) is 15.1. The number of nitrogens with one attached hydrogen (secondary N) is 2. The second kappa shape index (κ2) is 8.50. The molecule has 0 spiro atoms. The summed E-state index contributed by atoms with van der Waals surface area (Å²) in [6.07, 6.45) is -2.38. The fraction of sp³-hybridized carbons (Fsp3) is 0.450. The van der Waals surface area contributed by atoms with Gasteiger partial charge >= 0.3 is 6.18 Å². The fourth-order valence-corrected chi connectivity index (χ4v) is 4.17. The van der Waals surface area contributed by atoms with E-state index >= 15 is 0 Å². The van der Waals surface area contributed by atoms with Gasteiger partial charge in [-0.25, -0.2) is 27.7 Å². The van der Waals surface area contributed by atoms with Crippen molar-refractivity contribution in [2.75, 3.05) is 29.6 Å². The van der Waals surface area contributed by atoms with Crippen LogP contribution in [0.3, 0.4) is 0 Å². The van der Waals surface area contributed by atoms with Gasteiger partial charge in [0.1, 0.15) is 10.8 Å². The van der Waals surface area contributed by atoms with Gasteiger partial charge in [0.25, 0.3) is 11.8 Å². The molecule has 2 aromatic rings. The van der Waals surface area contributed by atoms with Gasteiger partial charge in [0.05, 0.1) is 20.9 Å². The Hall–Kier alpha value is -2.83. The normalized spacial score (nSPS) is 20.2. The van der Waals surface area contributed by atoms with Crippen LogP contribution in [0.25, 0.3) is 0 Å². The third-order valence-corrected chi connectivity index (χ3v) is 6.49. The second-order valence-electron chi connectivity index (χ2n) is 8.03. The Morgan fingerprint density at radius 2 is 2.00 bits per heavy atom. The van der Waals surface area contributed by atoms with E-state index in [0.29, 0.717) is 6.20 Å². The highest BCUT2D eigenvalue weighted by molar-refractivity contribution is 7.91. The average Bonchev–Trinajstić information content (AvgIpc) is 2.68. The van der Waals surface area contributed by atoms with E-state index in [1.54, 1.807) is 0 Å². The zero-order valence-corrected chi connectivity index (χ0v) is 18.8. The number of carbonyl (C=O) groups excluding carboxylic acids is 1. The molecule has 0 aromatic carbocycles. The first kappa shape index (κ1) is 24.8. The predicted molar refractivity (Wildman–Crippen MR) is 112 cm³/mol. The van der Waals surface area contributed by atoms with Gasteiger partial charge in [-0.2, -0.15) is 13.2 Å². The van der Waals surface area contributed by atoms with Crippen LogP contribution in [0.15, 0.2) is 29.6 Å². The van der Waals surface area contributed by atoms with Crippen LogP contribution in [0.4, 0.5) is 33.5 Å². The summed E-state index contributed by atoms with van der Waals surface area (Å²) in [5, 5.41) is 2.31. The number of halogens is 5. The summed E-state index contributed by atoms with van der Waals surface area (Å²) in [6.45, 7) is 2.06. The van der Waals surface area contributed by atoms with Gasteiger partial charge in [-0.05, 0) is 24.6 Å². The largest absolute Gasteiger partial charge is 0.418 e. The van der Waals surface area contributed by atoms with E-state index in [9.17, 15) is 31.0 Å². The summed E-state index contributed by atoms with van der Waals surface area (Å²) in [5.41, 5.74) is -1.86. The zero-order valence-electron chi connectivity index (χ0n) is 18.0. The lowest BCUT2D eigenvalue weighted by molar-refractivity contribution is -0.138. The number of alkyl halides is 5. The molecule has 1 amide bonds. The minimum atomic E-state index is -4.78. The van der Waals surface area contributed by atoms with Crippen LogP contribution in [0.1, 0.15) is 34.8 Å². The van der Waals surface area contributed by atoms with Crippen LogP contribution in [0.2, 0.25) is 0 Å². The minimum Gasteiger partial charge on any atom is -0.355 e. The van der Waals surface area contributed by atoms with Gasteiger partial charge in [-0.15, -0.1) is 0 Å². The molecule has 0 radical (unpaired) electrons. The van der Waals surface area contributed by atoms with Crippen LogP contribution in [0, 0.1) is 17.6 Å². The lowest BCUT2D eigenvalue weighted by Crippen LogP contribution is -2.47. The van der Waals surface area contributed by atoms with E-state index in [1.165, 1.54) is 30.2 Å². The summed E-state index contributed by atoms with van der Waals surface area (Å²) in [5.74, 6) is -5.11. The average molecular weight is 491 g/mol. The van der Waals surface area contributed by atoms with Crippen LogP contribution >= 0.6 is 0 Å². The van der Waals surface area contributed by atoms with Crippen molar-refractivity contribution in [3.8, 4) is 0 Å². The van der Waals surface area contributed by atoms with Gasteiger partial charge in [-0.3, -0.25) is 4.79 Å². The number of pyridine rings is 2. The maximum Gasteiger partial charge on any atom is 0.418 e. The van der Waals surface area contributed by atoms with Gasteiger partial charge in [0.15, 0.2) is 0 Å². The van der Waals surface area contributed by atoms with E-state index in [4.69, 9.17) is 4.78 Å². The van der Waals surface area contributed by atoms with E-state index in [-0.39, 0.29) is 29.6 Å². The first-order valence-electron chi connectivity index (χ1n) is 9.82. The lowest BCUT2D eigenvalue weighted by atomic mass is 9.94. The molecule has 2 atom stereocenters. The maximum absolute atomic E-state index is 13.9. The predicted octanol–water partition coefficient (Wildman–Crippen LogP) is 4.57. The molecule has 13 heteroatoms. The molecule has 0 bridgehead atoms. The molecule has 1 fully saturated rings. The Morgan fingerprint density at radius 3 is 2.58 bits per heavy atom. The third kappa shape index (κ3) is 5.23. The topological polar surface area (TPSA) is 99.0 Å². The highest BCUT2D eigenvalue weighted by Crippen LogP contribution is 2.39. The highest BCUT2D eigenvalue weighted by atomic mass is 32.2. The molecule has 1 unspecified atom stereocenters. The molecule has 1 aliphatic rings. The molecule has 3 heterocycles. The Balaban J connectivity index is 2.06. The Morgan fingerprint density at radius 1 is 1.33 bits per heavy atom. The molecule has 3 rings (SSSR count). The van der Waals surface area contributed by atoms with Gasteiger partial charge in [0, 0.05) is 49.8 Å². The minimum absolute atomic E-state index is 0.0631. The molecule has 180 valence electrons. The van der Waals surface area contributed by atoms with Crippen molar-refractivity contribution < 1.29 is 31.0 Å². The lowest BCUT2D eigenvalue weighted by Gasteiger charge is -2.38. The Kier molecular flexibility index (Phi) is 6.39. The van der Waals surface area contributed by atoms with Crippen molar-refractivity contribution in [3.05, 3.63) is 41.2 Å². The fourth-order valence-electron chi connectivity index (χ4n) is 3.56.